The zero-order valence-corrected chi connectivity index (χ0v) is 20.9. The SMILES string of the molecule is Cc1nc(-n2nc(-c3cccs3)cc2NC(=O)Cc2ccc(Cl)cc2)[nH]c(=O)c1Cc1ccccc1. The minimum absolute atomic E-state index is 0.162. The van der Waals surface area contributed by atoms with Crippen LogP contribution in [0.4, 0.5) is 5.82 Å². The Morgan fingerprint density at radius 3 is 2.53 bits per heavy atom. The van der Waals surface area contributed by atoms with Crippen molar-refractivity contribution >= 4 is 34.7 Å². The van der Waals surface area contributed by atoms with Crippen LogP contribution in [-0.4, -0.2) is 25.7 Å². The van der Waals surface area contributed by atoms with Crippen molar-refractivity contribution in [1.82, 2.24) is 19.7 Å². The lowest BCUT2D eigenvalue weighted by atomic mass is 10.1. The van der Waals surface area contributed by atoms with E-state index >= 15 is 0 Å². The molecule has 180 valence electrons. The van der Waals surface area contributed by atoms with Gasteiger partial charge in [-0.3, -0.25) is 14.6 Å². The van der Waals surface area contributed by atoms with Crippen LogP contribution in [0.3, 0.4) is 0 Å². The summed E-state index contributed by atoms with van der Waals surface area (Å²) < 4.78 is 1.47. The summed E-state index contributed by atoms with van der Waals surface area (Å²) in [5.74, 6) is 0.422. The molecule has 0 aliphatic carbocycles. The van der Waals surface area contributed by atoms with Crippen molar-refractivity contribution in [2.75, 3.05) is 5.32 Å². The maximum Gasteiger partial charge on any atom is 0.256 e. The number of thiophene rings is 1. The lowest BCUT2D eigenvalue weighted by Gasteiger charge is -2.11. The van der Waals surface area contributed by atoms with Gasteiger partial charge in [0.15, 0.2) is 0 Å². The number of carbonyl (C=O) groups excluding carboxylic acids is 1. The maximum absolute atomic E-state index is 13.0. The number of hydrogen-bond donors (Lipinski definition) is 2. The topological polar surface area (TPSA) is 92.7 Å². The molecule has 0 spiro atoms. The first-order chi connectivity index (χ1) is 17.5. The van der Waals surface area contributed by atoms with E-state index in [1.807, 2.05) is 60.0 Å². The minimum atomic E-state index is -0.243. The molecule has 5 rings (SSSR count). The lowest BCUT2D eigenvalue weighted by molar-refractivity contribution is -0.115. The van der Waals surface area contributed by atoms with E-state index in [1.165, 1.54) is 16.0 Å². The predicted molar refractivity (Wildman–Crippen MR) is 143 cm³/mol. The first kappa shape index (κ1) is 23.7. The third-order valence-corrected chi connectivity index (χ3v) is 6.81. The van der Waals surface area contributed by atoms with Gasteiger partial charge < -0.3 is 5.32 Å². The second kappa shape index (κ2) is 10.3. The number of amides is 1. The highest BCUT2D eigenvalue weighted by Crippen LogP contribution is 2.27. The highest BCUT2D eigenvalue weighted by Gasteiger charge is 2.18. The van der Waals surface area contributed by atoms with Gasteiger partial charge in [0.1, 0.15) is 11.5 Å². The number of anilines is 1. The number of aromatic nitrogens is 4. The summed E-state index contributed by atoms with van der Waals surface area (Å²) in [6, 6.07) is 22.5. The van der Waals surface area contributed by atoms with Crippen LogP contribution in [0.5, 0.6) is 0 Å². The molecule has 0 bridgehead atoms. The van der Waals surface area contributed by atoms with Crippen LogP contribution in [0, 0.1) is 6.92 Å². The number of nitrogens with one attached hydrogen (secondary N) is 2. The van der Waals surface area contributed by atoms with Crippen molar-refractivity contribution in [1.29, 1.82) is 0 Å². The Balaban J connectivity index is 1.48. The standard InChI is InChI=1S/C27H22ClN5O2S/c1-17-21(14-18-6-3-2-4-7-18)26(35)31-27(29-17)33-24(16-22(32-33)23-8-5-13-36-23)30-25(34)15-19-9-11-20(28)12-10-19/h2-13,16H,14-15H2,1H3,(H,30,34)(H,29,31,35). The number of nitrogens with zero attached hydrogens (tertiary/aromatic N) is 3. The fourth-order valence-electron chi connectivity index (χ4n) is 3.86. The van der Waals surface area contributed by atoms with Gasteiger partial charge in [0, 0.05) is 23.1 Å². The van der Waals surface area contributed by atoms with Gasteiger partial charge in [0.05, 0.1) is 17.0 Å². The second-order valence-corrected chi connectivity index (χ2v) is 9.66. The molecule has 36 heavy (non-hydrogen) atoms. The number of aromatic amines is 1. The predicted octanol–water partition coefficient (Wildman–Crippen LogP) is 5.42. The summed E-state index contributed by atoms with van der Waals surface area (Å²) in [6.45, 7) is 1.81. The third-order valence-electron chi connectivity index (χ3n) is 5.66. The van der Waals surface area contributed by atoms with Crippen molar-refractivity contribution in [2.45, 2.75) is 19.8 Å². The Kier molecular flexibility index (Phi) is 6.79. The molecule has 0 unspecified atom stereocenters. The molecular weight excluding hydrogens is 494 g/mol. The molecule has 9 heteroatoms. The number of carbonyl (C=O) groups is 1. The Hall–Kier alpha value is -4.01. The number of hydrogen-bond acceptors (Lipinski definition) is 5. The fourth-order valence-corrected chi connectivity index (χ4v) is 4.66. The molecular formula is C27H22ClN5O2S. The fraction of sp³-hybridized carbons (Fsp3) is 0.111. The van der Waals surface area contributed by atoms with E-state index in [-0.39, 0.29) is 23.8 Å². The molecule has 5 aromatic rings. The van der Waals surface area contributed by atoms with E-state index < -0.39 is 0 Å². The molecule has 0 fully saturated rings. The molecule has 3 heterocycles. The Bertz CT molecular complexity index is 1560. The number of halogens is 1. The van der Waals surface area contributed by atoms with Gasteiger partial charge in [-0.25, -0.2) is 4.98 Å². The summed E-state index contributed by atoms with van der Waals surface area (Å²) in [6.07, 6.45) is 0.634. The normalized spacial score (nSPS) is 10.9. The summed E-state index contributed by atoms with van der Waals surface area (Å²) in [7, 11) is 0. The first-order valence-electron chi connectivity index (χ1n) is 11.3. The largest absolute Gasteiger partial charge is 0.310 e. The van der Waals surface area contributed by atoms with Crippen LogP contribution < -0.4 is 10.9 Å². The minimum Gasteiger partial charge on any atom is -0.310 e. The zero-order valence-electron chi connectivity index (χ0n) is 19.4. The van der Waals surface area contributed by atoms with Gasteiger partial charge >= 0.3 is 0 Å². The summed E-state index contributed by atoms with van der Waals surface area (Å²) in [4.78, 5) is 34.3. The molecule has 2 aromatic carbocycles. The van der Waals surface area contributed by atoms with Gasteiger partial charge in [0.2, 0.25) is 11.9 Å². The Labute approximate surface area is 216 Å². The van der Waals surface area contributed by atoms with Gasteiger partial charge in [-0.05, 0) is 41.6 Å². The van der Waals surface area contributed by atoms with Crippen LogP contribution in [-0.2, 0) is 17.6 Å². The van der Waals surface area contributed by atoms with Crippen molar-refractivity contribution in [3.63, 3.8) is 0 Å². The molecule has 2 N–H and O–H groups in total. The zero-order chi connectivity index (χ0) is 25.1. The van der Waals surface area contributed by atoms with Gasteiger partial charge in [-0.2, -0.15) is 9.78 Å². The van der Waals surface area contributed by atoms with E-state index in [2.05, 4.69) is 20.4 Å². The number of rotatable bonds is 7. The molecule has 3 aromatic heterocycles. The molecule has 0 saturated carbocycles. The van der Waals surface area contributed by atoms with Crippen molar-refractivity contribution in [3.05, 3.63) is 116 Å². The van der Waals surface area contributed by atoms with Gasteiger partial charge in [-0.15, -0.1) is 11.3 Å². The quantitative estimate of drug-likeness (QED) is 0.303. The summed E-state index contributed by atoms with van der Waals surface area (Å²) >= 11 is 7.49. The van der Waals surface area contributed by atoms with Crippen LogP contribution in [0.15, 0.2) is 83.0 Å². The van der Waals surface area contributed by atoms with E-state index in [4.69, 9.17) is 11.6 Å². The smallest absolute Gasteiger partial charge is 0.256 e. The number of aryl methyl sites for hydroxylation is 1. The first-order valence-corrected chi connectivity index (χ1v) is 12.5. The average molecular weight is 516 g/mol. The van der Waals surface area contributed by atoms with Crippen molar-refractivity contribution < 1.29 is 4.79 Å². The van der Waals surface area contributed by atoms with Gasteiger partial charge in [-0.1, -0.05) is 60.1 Å². The van der Waals surface area contributed by atoms with Gasteiger partial charge in [0.25, 0.3) is 5.56 Å². The number of benzene rings is 2. The second-order valence-electron chi connectivity index (χ2n) is 8.27. The highest BCUT2D eigenvalue weighted by atomic mass is 35.5. The lowest BCUT2D eigenvalue weighted by Crippen LogP contribution is -2.22. The maximum atomic E-state index is 13.0. The number of H-pyrrole nitrogens is 1. The summed E-state index contributed by atoms with van der Waals surface area (Å²) in [5, 5.41) is 10.1. The van der Waals surface area contributed by atoms with E-state index in [9.17, 15) is 9.59 Å². The van der Waals surface area contributed by atoms with Crippen LogP contribution in [0.25, 0.3) is 16.5 Å². The molecule has 0 aliphatic heterocycles. The van der Waals surface area contributed by atoms with Crippen molar-refractivity contribution in [2.24, 2.45) is 0 Å². The van der Waals surface area contributed by atoms with Crippen molar-refractivity contribution in [3.8, 4) is 16.5 Å². The van der Waals surface area contributed by atoms with E-state index in [0.717, 1.165) is 16.0 Å². The Morgan fingerprint density at radius 2 is 1.83 bits per heavy atom. The molecule has 0 saturated heterocycles. The van der Waals surface area contributed by atoms with Crippen LogP contribution in [0.2, 0.25) is 5.02 Å². The van der Waals surface area contributed by atoms with Crippen LogP contribution >= 0.6 is 22.9 Å². The molecule has 0 radical (unpaired) electrons. The van der Waals surface area contributed by atoms with E-state index in [1.54, 1.807) is 25.1 Å². The highest BCUT2D eigenvalue weighted by molar-refractivity contribution is 7.13. The van der Waals surface area contributed by atoms with E-state index in [0.29, 0.717) is 34.2 Å². The molecule has 0 aliphatic rings. The monoisotopic (exact) mass is 515 g/mol. The van der Waals surface area contributed by atoms with Crippen LogP contribution in [0.1, 0.15) is 22.4 Å². The molecule has 1 amide bonds. The summed E-state index contributed by atoms with van der Waals surface area (Å²) in [5.41, 5.74) is 3.46. The third kappa shape index (κ3) is 5.30. The molecule has 0 atom stereocenters. The Morgan fingerprint density at radius 1 is 1.06 bits per heavy atom. The molecule has 7 nitrogen and oxygen atoms in total. The average Bonchev–Trinajstić information content (AvgIpc) is 3.54.